The highest BCUT2D eigenvalue weighted by atomic mass is 127. The minimum Gasteiger partial charge on any atom is -0.388 e. The number of hydrogen-bond acceptors (Lipinski definition) is 2. The third-order valence-electron chi connectivity index (χ3n) is 1.66. The van der Waals surface area contributed by atoms with Crippen LogP contribution in [0.15, 0.2) is 6.07 Å². The van der Waals surface area contributed by atoms with Crippen molar-refractivity contribution in [3.8, 4) is 5.88 Å². The van der Waals surface area contributed by atoms with Gasteiger partial charge in [0.05, 0.1) is 5.56 Å². The average molecular weight is 387 g/mol. The summed E-state index contributed by atoms with van der Waals surface area (Å²) < 4.78 is 64.2. The lowest BCUT2D eigenvalue weighted by Gasteiger charge is -2.12. The number of aromatic nitrogens is 1. The molecule has 1 heterocycles. The van der Waals surface area contributed by atoms with Gasteiger partial charge in [-0.15, -0.1) is 24.8 Å². The topological polar surface area (TPSA) is 22.1 Å². The van der Waals surface area contributed by atoms with Crippen molar-refractivity contribution in [2.45, 2.75) is 18.7 Å². The van der Waals surface area contributed by atoms with Crippen LogP contribution in [0.25, 0.3) is 0 Å². The fraction of sp³-hybridized carbons (Fsp3) is 0.375. The first-order chi connectivity index (χ1) is 7.74. The summed E-state index contributed by atoms with van der Waals surface area (Å²) in [7, 11) is 0. The van der Waals surface area contributed by atoms with Gasteiger partial charge in [0.15, 0.2) is 0 Å². The zero-order chi connectivity index (χ0) is 13.2. The third kappa shape index (κ3) is 4.09. The molecule has 0 spiro atoms. The third-order valence-corrected chi connectivity index (χ3v) is 2.77. The van der Waals surface area contributed by atoms with Crippen molar-refractivity contribution in [1.29, 1.82) is 0 Å². The van der Waals surface area contributed by atoms with Gasteiger partial charge in [0.2, 0.25) is 5.88 Å². The maximum atomic E-state index is 12.6. The quantitative estimate of drug-likeness (QED) is 0.335. The minimum atomic E-state index is -4.92. The van der Waals surface area contributed by atoms with Crippen LogP contribution in [-0.2, 0) is 5.88 Å². The van der Waals surface area contributed by atoms with Crippen LogP contribution in [0.2, 0.25) is 0 Å². The van der Waals surface area contributed by atoms with Crippen molar-refractivity contribution in [3.05, 3.63) is 20.9 Å². The van der Waals surface area contributed by atoms with Crippen LogP contribution >= 0.6 is 34.2 Å². The van der Waals surface area contributed by atoms with Crippen molar-refractivity contribution in [3.63, 3.8) is 0 Å². The van der Waals surface area contributed by atoms with Crippen molar-refractivity contribution in [1.82, 2.24) is 4.98 Å². The summed E-state index contributed by atoms with van der Waals surface area (Å²) in [6.45, 7) is 0. The normalized spacial score (nSPS) is 12.0. The summed E-state index contributed by atoms with van der Waals surface area (Å²) in [5.74, 6) is -1.16. The molecule has 9 heteroatoms. The molecule has 0 aliphatic heterocycles. The van der Waals surface area contributed by atoms with Crippen LogP contribution in [0, 0.1) is 3.70 Å². The monoisotopic (exact) mass is 387 g/mol. The van der Waals surface area contributed by atoms with Crippen molar-refractivity contribution in [2.75, 3.05) is 0 Å². The van der Waals surface area contributed by atoms with E-state index in [1.807, 2.05) is 0 Å². The molecule has 0 N–H and O–H groups in total. The number of hydrogen-bond donors (Lipinski definition) is 0. The van der Waals surface area contributed by atoms with Crippen molar-refractivity contribution in [2.24, 2.45) is 0 Å². The molecular formula is C8H4ClF5INO. The van der Waals surface area contributed by atoms with Gasteiger partial charge in [0.1, 0.15) is 3.70 Å². The largest absolute Gasteiger partial charge is 0.574 e. The lowest BCUT2D eigenvalue weighted by molar-refractivity contribution is -0.276. The van der Waals surface area contributed by atoms with Crippen molar-refractivity contribution < 1.29 is 26.7 Å². The Balaban J connectivity index is 3.18. The molecular weight excluding hydrogens is 383 g/mol. The Labute approximate surface area is 111 Å². The summed E-state index contributed by atoms with van der Waals surface area (Å²) in [4.78, 5) is 3.29. The highest BCUT2D eigenvalue weighted by Gasteiger charge is 2.32. The van der Waals surface area contributed by atoms with E-state index in [4.69, 9.17) is 11.6 Å². The van der Waals surface area contributed by atoms with Crippen LogP contribution in [0.5, 0.6) is 5.88 Å². The van der Waals surface area contributed by atoms with E-state index in [2.05, 4.69) is 9.72 Å². The molecule has 0 unspecified atom stereocenters. The van der Waals surface area contributed by atoms with Crippen LogP contribution in [0.1, 0.15) is 17.6 Å². The Kier molecular flexibility index (Phi) is 4.76. The summed E-state index contributed by atoms with van der Waals surface area (Å²) in [5, 5.41) is 0. The molecule has 17 heavy (non-hydrogen) atoms. The van der Waals surface area contributed by atoms with E-state index in [0.29, 0.717) is 0 Å². The van der Waals surface area contributed by atoms with Gasteiger partial charge in [-0.25, -0.2) is 13.8 Å². The molecule has 96 valence electrons. The first kappa shape index (κ1) is 14.7. The molecule has 0 fully saturated rings. The number of pyridine rings is 1. The number of halogens is 7. The smallest absolute Gasteiger partial charge is 0.388 e. The zero-order valence-corrected chi connectivity index (χ0v) is 10.8. The molecule has 0 saturated heterocycles. The van der Waals surface area contributed by atoms with Gasteiger partial charge in [-0.1, -0.05) is 0 Å². The predicted molar refractivity (Wildman–Crippen MR) is 58.2 cm³/mol. The van der Waals surface area contributed by atoms with Gasteiger partial charge in [-0.3, -0.25) is 0 Å². The van der Waals surface area contributed by atoms with Crippen LogP contribution in [0.3, 0.4) is 0 Å². The summed E-state index contributed by atoms with van der Waals surface area (Å²) in [5.41, 5.74) is -0.615. The Hall–Kier alpha value is -0.380. The van der Waals surface area contributed by atoms with E-state index >= 15 is 0 Å². The molecule has 0 aliphatic rings. The fourth-order valence-corrected chi connectivity index (χ4v) is 2.10. The lowest BCUT2D eigenvalue weighted by Crippen LogP contribution is -2.18. The van der Waals surface area contributed by atoms with E-state index in [1.54, 1.807) is 0 Å². The molecule has 0 saturated carbocycles. The standard InChI is InChI=1S/C8H4ClF5INO/c9-2-3-1-4(17-8(12,13)14)16-7(15)5(3)6(10)11/h1,6H,2H2. The zero-order valence-electron chi connectivity index (χ0n) is 7.86. The number of nitrogens with zero attached hydrogens (tertiary/aromatic N) is 1. The average Bonchev–Trinajstić information content (AvgIpc) is 2.12. The predicted octanol–water partition coefficient (Wildman–Crippen LogP) is 4.26. The van der Waals surface area contributed by atoms with Gasteiger partial charge < -0.3 is 4.74 Å². The fourth-order valence-electron chi connectivity index (χ4n) is 1.06. The lowest BCUT2D eigenvalue weighted by atomic mass is 10.2. The molecule has 1 aromatic heterocycles. The Morgan fingerprint density at radius 1 is 1.41 bits per heavy atom. The minimum absolute atomic E-state index is 0.139. The first-order valence-electron chi connectivity index (χ1n) is 4.03. The van der Waals surface area contributed by atoms with E-state index < -0.39 is 24.2 Å². The molecule has 2 nitrogen and oxygen atoms in total. The molecule has 1 rings (SSSR count). The van der Waals surface area contributed by atoms with Gasteiger partial charge in [-0.2, -0.15) is 0 Å². The number of rotatable bonds is 3. The Morgan fingerprint density at radius 2 is 2.00 bits per heavy atom. The Morgan fingerprint density at radius 3 is 2.41 bits per heavy atom. The van der Waals surface area contributed by atoms with E-state index in [9.17, 15) is 22.0 Å². The number of alkyl halides is 6. The maximum absolute atomic E-state index is 12.6. The molecule has 0 aromatic carbocycles. The Bertz CT molecular complexity index is 412. The first-order valence-corrected chi connectivity index (χ1v) is 5.65. The van der Waals surface area contributed by atoms with Gasteiger partial charge in [0, 0.05) is 11.9 Å². The molecule has 0 aliphatic carbocycles. The van der Waals surface area contributed by atoms with Crippen LogP contribution < -0.4 is 4.74 Å². The maximum Gasteiger partial charge on any atom is 0.574 e. The van der Waals surface area contributed by atoms with Crippen molar-refractivity contribution >= 4 is 34.2 Å². The van der Waals surface area contributed by atoms with Crippen LogP contribution in [-0.4, -0.2) is 11.3 Å². The molecule has 0 bridgehead atoms. The SMILES string of the molecule is FC(F)c1c(CCl)cc(OC(F)(F)F)nc1I. The van der Waals surface area contributed by atoms with Gasteiger partial charge in [-0.05, 0) is 28.2 Å². The van der Waals surface area contributed by atoms with E-state index in [1.165, 1.54) is 22.6 Å². The molecule has 0 amide bonds. The van der Waals surface area contributed by atoms with Crippen LogP contribution in [0.4, 0.5) is 22.0 Å². The second-order valence-corrected chi connectivity index (χ2v) is 4.10. The van der Waals surface area contributed by atoms with E-state index in [-0.39, 0.29) is 15.1 Å². The second-order valence-electron chi connectivity index (χ2n) is 2.81. The number of ether oxygens (including phenoxy) is 1. The highest BCUT2D eigenvalue weighted by Crippen LogP contribution is 2.32. The highest BCUT2D eigenvalue weighted by molar-refractivity contribution is 14.1. The summed E-state index contributed by atoms with van der Waals surface area (Å²) in [6, 6.07) is 0.754. The van der Waals surface area contributed by atoms with E-state index in [0.717, 1.165) is 6.07 Å². The molecule has 0 atom stereocenters. The van der Waals surface area contributed by atoms with Gasteiger partial charge >= 0.3 is 6.36 Å². The summed E-state index contributed by atoms with van der Waals surface area (Å²) >= 11 is 6.79. The molecule has 0 radical (unpaired) electrons. The van der Waals surface area contributed by atoms with Gasteiger partial charge in [0.25, 0.3) is 6.43 Å². The molecule has 1 aromatic rings. The second kappa shape index (κ2) is 5.51. The summed E-state index contributed by atoms with van der Waals surface area (Å²) in [6.07, 6.45) is -7.78.